The van der Waals surface area contributed by atoms with E-state index in [9.17, 15) is 14.4 Å². The fraction of sp³-hybridized carbons (Fsp3) is 0.217. The quantitative estimate of drug-likeness (QED) is 0.302. The predicted octanol–water partition coefficient (Wildman–Crippen LogP) is 4.90. The molecule has 4 N–H and O–H groups in total. The van der Waals surface area contributed by atoms with Crippen molar-refractivity contribution in [3.8, 4) is 11.4 Å². The van der Waals surface area contributed by atoms with Crippen LogP contribution in [-0.4, -0.2) is 26.9 Å². The van der Waals surface area contributed by atoms with Crippen LogP contribution in [0.1, 0.15) is 37.7 Å². The number of halogens is 1. The molecule has 0 fully saturated rings. The third-order valence-corrected chi connectivity index (χ3v) is 5.28. The van der Waals surface area contributed by atoms with Crippen molar-refractivity contribution in [1.82, 2.24) is 15.1 Å². The Morgan fingerprint density at radius 1 is 1.06 bits per heavy atom. The molecule has 2 amide bonds. The Labute approximate surface area is 197 Å². The van der Waals surface area contributed by atoms with Crippen LogP contribution in [0.5, 0.6) is 0 Å². The largest absolute Gasteiger partial charge is 0.439 e. The fourth-order valence-electron chi connectivity index (χ4n) is 3.42. The highest BCUT2D eigenvalue weighted by Gasteiger charge is 2.19. The van der Waals surface area contributed by atoms with Gasteiger partial charge in [-0.05, 0) is 35.7 Å². The lowest BCUT2D eigenvalue weighted by Crippen LogP contribution is -2.19. The number of amides is 2. The molecule has 0 radical (unpaired) electrons. The molecule has 33 heavy (non-hydrogen) atoms. The average Bonchev–Trinajstić information content (AvgIpc) is 3.35. The van der Waals surface area contributed by atoms with E-state index in [-0.39, 0.29) is 17.1 Å². The molecule has 4 aromatic rings. The van der Waals surface area contributed by atoms with Gasteiger partial charge in [0.1, 0.15) is 5.69 Å². The van der Waals surface area contributed by atoms with Crippen LogP contribution in [0, 0.1) is 5.41 Å². The number of hydrogen-bond donors (Lipinski definition) is 4. The van der Waals surface area contributed by atoms with E-state index in [2.05, 4.69) is 46.2 Å². The van der Waals surface area contributed by atoms with Gasteiger partial charge in [-0.25, -0.2) is 4.79 Å². The van der Waals surface area contributed by atoms with Gasteiger partial charge in [-0.2, -0.15) is 0 Å². The molecule has 0 saturated heterocycles. The van der Waals surface area contributed by atoms with Gasteiger partial charge in [0.2, 0.25) is 5.91 Å². The number of para-hydroxylation sites is 1. The summed E-state index contributed by atoms with van der Waals surface area (Å²) in [4.78, 5) is 42.4. The van der Waals surface area contributed by atoms with Gasteiger partial charge in [0, 0.05) is 21.8 Å². The summed E-state index contributed by atoms with van der Waals surface area (Å²) in [7, 11) is 0. The van der Waals surface area contributed by atoms with Crippen LogP contribution in [0.4, 0.5) is 11.4 Å². The highest BCUT2D eigenvalue weighted by Crippen LogP contribution is 2.30. The zero-order chi connectivity index (χ0) is 23.8. The van der Waals surface area contributed by atoms with E-state index in [1.807, 2.05) is 32.9 Å². The summed E-state index contributed by atoms with van der Waals surface area (Å²) >= 11 is 3.38. The lowest BCUT2D eigenvalue weighted by molar-refractivity contribution is -0.117. The molecule has 2 aromatic carbocycles. The first-order chi connectivity index (χ1) is 15.6. The summed E-state index contributed by atoms with van der Waals surface area (Å²) in [6.07, 6.45) is 0.369. The van der Waals surface area contributed by atoms with Gasteiger partial charge in [0.05, 0.1) is 16.9 Å². The Balaban J connectivity index is 1.61. The summed E-state index contributed by atoms with van der Waals surface area (Å²) in [6.45, 7) is 5.99. The summed E-state index contributed by atoms with van der Waals surface area (Å²) in [5, 5.41) is 10.2. The van der Waals surface area contributed by atoms with Crippen molar-refractivity contribution in [3.63, 3.8) is 0 Å². The normalized spacial score (nSPS) is 11.5. The molecule has 2 aromatic heterocycles. The molecule has 0 bridgehead atoms. The van der Waals surface area contributed by atoms with E-state index in [1.54, 1.807) is 30.3 Å². The van der Waals surface area contributed by atoms with Crippen LogP contribution >= 0.6 is 15.9 Å². The molecule has 0 unspecified atom stereocenters. The molecule has 0 aliphatic heterocycles. The van der Waals surface area contributed by atoms with Gasteiger partial charge >= 0.3 is 5.76 Å². The predicted molar refractivity (Wildman–Crippen MR) is 129 cm³/mol. The van der Waals surface area contributed by atoms with Crippen molar-refractivity contribution in [1.29, 1.82) is 0 Å². The minimum atomic E-state index is -0.695. The number of carbonyl (C=O) groups is 2. The summed E-state index contributed by atoms with van der Waals surface area (Å²) in [5.41, 5.74) is 2.34. The first kappa shape index (κ1) is 22.5. The third kappa shape index (κ3) is 5.23. The number of fused-ring (bicyclic) bond motifs is 1. The van der Waals surface area contributed by atoms with Gasteiger partial charge < -0.3 is 15.6 Å². The third-order valence-electron chi connectivity index (χ3n) is 4.79. The molecular formula is C23H22BrN5O4. The Kier molecular flexibility index (Phi) is 5.94. The number of carbonyl (C=O) groups excluding carboxylic acids is 2. The standard InChI is InChI=1S/C23H22BrN5O4/c1-23(2,3)11-18(30)25-16-6-4-5-12-9-17(26-19(12)16)21(31)27-15-8-7-13(24)10-14(15)20-28-22(32)33-29-20/h4-10,26H,11H2,1-3H3,(H,25,30)(H,27,31)(H,28,29,32). The number of aromatic amines is 2. The molecule has 2 heterocycles. The summed E-state index contributed by atoms with van der Waals surface area (Å²) in [5.74, 6) is -1.000. The van der Waals surface area contributed by atoms with E-state index in [1.165, 1.54) is 0 Å². The number of rotatable bonds is 5. The summed E-state index contributed by atoms with van der Waals surface area (Å²) < 4.78 is 5.33. The average molecular weight is 512 g/mol. The van der Waals surface area contributed by atoms with Crippen molar-refractivity contribution in [3.05, 3.63) is 63.2 Å². The molecule has 4 rings (SSSR count). The van der Waals surface area contributed by atoms with Gasteiger partial charge in [-0.1, -0.05) is 54.0 Å². The minimum Gasteiger partial charge on any atom is -0.349 e. The highest BCUT2D eigenvalue weighted by atomic mass is 79.9. The lowest BCUT2D eigenvalue weighted by Gasteiger charge is -2.17. The highest BCUT2D eigenvalue weighted by molar-refractivity contribution is 9.10. The number of anilines is 2. The van der Waals surface area contributed by atoms with Crippen LogP contribution in [0.2, 0.25) is 0 Å². The summed E-state index contributed by atoms with van der Waals surface area (Å²) in [6, 6.07) is 12.3. The lowest BCUT2D eigenvalue weighted by atomic mass is 9.92. The maximum atomic E-state index is 13.0. The molecule has 9 nitrogen and oxygen atoms in total. The van der Waals surface area contributed by atoms with Crippen LogP contribution in [0.15, 0.2) is 56.3 Å². The van der Waals surface area contributed by atoms with Gasteiger partial charge in [0.15, 0.2) is 5.82 Å². The van der Waals surface area contributed by atoms with Crippen molar-refractivity contribution in [2.75, 3.05) is 10.6 Å². The number of nitrogens with zero attached hydrogens (tertiary/aromatic N) is 1. The molecule has 170 valence electrons. The topological polar surface area (TPSA) is 133 Å². The maximum Gasteiger partial charge on any atom is 0.439 e. The first-order valence-electron chi connectivity index (χ1n) is 10.2. The molecule has 0 saturated carbocycles. The molecule has 0 atom stereocenters. The number of benzene rings is 2. The maximum absolute atomic E-state index is 13.0. The van der Waals surface area contributed by atoms with Gasteiger partial charge in [0.25, 0.3) is 5.91 Å². The number of hydrogen-bond acceptors (Lipinski definition) is 5. The van der Waals surface area contributed by atoms with E-state index in [4.69, 9.17) is 0 Å². The molecule has 0 aliphatic rings. The monoisotopic (exact) mass is 511 g/mol. The molecule has 0 aliphatic carbocycles. The van der Waals surface area contributed by atoms with E-state index >= 15 is 0 Å². The molecule has 10 heteroatoms. The van der Waals surface area contributed by atoms with Crippen LogP contribution < -0.4 is 16.4 Å². The van der Waals surface area contributed by atoms with Gasteiger partial charge in [-0.15, -0.1) is 0 Å². The van der Waals surface area contributed by atoms with Crippen LogP contribution in [0.25, 0.3) is 22.3 Å². The first-order valence-corrected chi connectivity index (χ1v) is 11.0. The minimum absolute atomic E-state index is 0.100. The van der Waals surface area contributed by atoms with Crippen LogP contribution in [-0.2, 0) is 4.79 Å². The molecular weight excluding hydrogens is 490 g/mol. The molecule has 0 spiro atoms. The van der Waals surface area contributed by atoms with Crippen molar-refractivity contribution < 1.29 is 14.1 Å². The number of H-pyrrole nitrogens is 2. The van der Waals surface area contributed by atoms with Crippen molar-refractivity contribution in [2.45, 2.75) is 27.2 Å². The van der Waals surface area contributed by atoms with Crippen molar-refractivity contribution in [2.24, 2.45) is 5.41 Å². The second-order valence-corrected chi connectivity index (χ2v) is 9.74. The second-order valence-electron chi connectivity index (χ2n) is 8.83. The van der Waals surface area contributed by atoms with Crippen LogP contribution in [0.3, 0.4) is 0 Å². The van der Waals surface area contributed by atoms with Crippen molar-refractivity contribution >= 4 is 50.0 Å². The zero-order valence-electron chi connectivity index (χ0n) is 18.2. The Morgan fingerprint density at radius 2 is 1.85 bits per heavy atom. The Morgan fingerprint density at radius 3 is 2.55 bits per heavy atom. The number of aromatic nitrogens is 3. The van der Waals surface area contributed by atoms with E-state index in [0.29, 0.717) is 34.6 Å². The Bertz CT molecular complexity index is 1410. The second kappa shape index (κ2) is 8.70. The van der Waals surface area contributed by atoms with E-state index < -0.39 is 11.7 Å². The van der Waals surface area contributed by atoms with Gasteiger partial charge in [-0.3, -0.25) is 19.1 Å². The SMILES string of the molecule is CC(C)(C)CC(=O)Nc1cccc2cc(C(=O)Nc3ccc(Br)cc3-c3noc(=O)[nH]3)[nH]c12. The fourth-order valence-corrected chi connectivity index (χ4v) is 3.78. The number of nitrogens with one attached hydrogen (secondary N) is 4. The smallest absolute Gasteiger partial charge is 0.349 e. The zero-order valence-corrected chi connectivity index (χ0v) is 19.8. The Hall–Kier alpha value is -3.66. The van der Waals surface area contributed by atoms with E-state index in [0.717, 1.165) is 9.86 Å².